The molecule has 6 nitrogen and oxygen atoms in total. The van der Waals surface area contributed by atoms with Gasteiger partial charge in [-0.3, -0.25) is 0 Å². The van der Waals surface area contributed by atoms with Gasteiger partial charge in [-0.05, 0) is 96.6 Å². The molecule has 0 atom stereocenters. The topological polar surface area (TPSA) is 47.9 Å². The van der Waals surface area contributed by atoms with Crippen LogP contribution in [0.2, 0.25) is 0 Å². The first-order valence-electron chi connectivity index (χ1n) is 23.5. The molecule has 0 saturated heterocycles. The molecule has 0 aliphatic rings. The van der Waals surface area contributed by atoms with Crippen LogP contribution in [0.4, 0.5) is 18.9 Å². The van der Waals surface area contributed by atoms with Crippen molar-refractivity contribution in [2.45, 2.75) is 6.18 Å². The van der Waals surface area contributed by atoms with E-state index in [1.54, 1.807) is 0 Å². The Labute approximate surface area is 408 Å². The first-order valence-corrected chi connectivity index (χ1v) is 23.5. The summed E-state index contributed by atoms with van der Waals surface area (Å²) >= 11 is 0. The highest BCUT2D eigenvalue weighted by Crippen LogP contribution is 2.48. The van der Waals surface area contributed by atoms with Crippen molar-refractivity contribution in [3.05, 3.63) is 235 Å². The molecule has 9 heteroatoms. The van der Waals surface area contributed by atoms with Gasteiger partial charge in [0.2, 0.25) is 0 Å². The van der Waals surface area contributed by atoms with Crippen LogP contribution < -0.4 is 0 Å². The van der Waals surface area contributed by atoms with E-state index in [-0.39, 0.29) is 22.4 Å². The van der Waals surface area contributed by atoms with E-state index in [4.69, 9.17) is 6.57 Å². The molecule has 0 fully saturated rings. The Morgan fingerprint density at radius 1 is 0.417 bits per heavy atom. The first kappa shape index (κ1) is 41.2. The summed E-state index contributed by atoms with van der Waals surface area (Å²) in [7, 11) is 0. The van der Waals surface area contributed by atoms with Crippen LogP contribution in [-0.2, 0) is 6.18 Å². The number of para-hydroxylation sites is 6. The molecule has 14 aromatic rings. The predicted octanol–water partition coefficient (Wildman–Crippen LogP) is 17.2. The molecular weight excluding hydrogens is 898 g/mol. The average Bonchev–Trinajstić information content (AvgIpc) is 4.16. The van der Waals surface area contributed by atoms with Crippen LogP contribution in [-0.4, -0.2) is 18.3 Å². The van der Waals surface area contributed by atoms with Crippen LogP contribution in [0.25, 0.3) is 126 Å². The normalized spacial score (nSPS) is 12.1. The van der Waals surface area contributed by atoms with Crippen LogP contribution >= 0.6 is 0 Å². The third-order valence-corrected chi connectivity index (χ3v) is 14.4. The highest BCUT2D eigenvalue weighted by Gasteiger charge is 2.32. The summed E-state index contributed by atoms with van der Waals surface area (Å²) in [5, 5.41) is 19.3. The molecule has 4 aromatic heterocycles. The monoisotopic (exact) mass is 932 g/mol. The van der Waals surface area contributed by atoms with Crippen LogP contribution in [0.5, 0.6) is 0 Å². The Kier molecular flexibility index (Phi) is 8.77. The van der Waals surface area contributed by atoms with Gasteiger partial charge < -0.3 is 18.3 Å². The zero-order chi connectivity index (χ0) is 48.4. The number of alkyl halides is 3. The predicted molar refractivity (Wildman–Crippen MR) is 285 cm³/mol. The molecule has 14 rings (SSSR count). The molecular formula is C63H35F3N6. The number of rotatable bonds is 5. The molecule has 0 aliphatic heterocycles. The third kappa shape index (κ3) is 5.83. The average molecular weight is 933 g/mol. The van der Waals surface area contributed by atoms with E-state index in [1.807, 2.05) is 84.9 Å². The van der Waals surface area contributed by atoms with Crippen molar-refractivity contribution in [3.63, 3.8) is 0 Å². The van der Waals surface area contributed by atoms with Gasteiger partial charge in [0.1, 0.15) is 0 Å². The molecule has 338 valence electrons. The number of aromatic nitrogens is 4. The van der Waals surface area contributed by atoms with E-state index in [1.165, 1.54) is 6.07 Å². The lowest BCUT2D eigenvalue weighted by Crippen LogP contribution is -2.07. The van der Waals surface area contributed by atoms with Crippen molar-refractivity contribution in [2.75, 3.05) is 0 Å². The minimum absolute atomic E-state index is 0.113. The smallest absolute Gasteiger partial charge is 0.309 e. The van der Waals surface area contributed by atoms with Gasteiger partial charge in [-0.2, -0.15) is 18.4 Å². The van der Waals surface area contributed by atoms with Crippen LogP contribution in [0, 0.1) is 17.9 Å². The zero-order valence-corrected chi connectivity index (χ0v) is 38.0. The molecule has 0 N–H and O–H groups in total. The van der Waals surface area contributed by atoms with Gasteiger partial charge in [0.15, 0.2) is 5.69 Å². The number of hydrogen-bond donors (Lipinski definition) is 0. The second kappa shape index (κ2) is 15.3. The fraction of sp³-hybridized carbons (Fsp3) is 0.0159. The Balaban J connectivity index is 1.22. The fourth-order valence-corrected chi connectivity index (χ4v) is 11.5. The summed E-state index contributed by atoms with van der Waals surface area (Å²) in [5.74, 6) is 0. The molecule has 0 radical (unpaired) electrons. The van der Waals surface area contributed by atoms with Gasteiger partial charge in [-0.15, -0.1) is 0 Å². The summed E-state index contributed by atoms with van der Waals surface area (Å²) in [6.07, 6.45) is -4.75. The second-order valence-corrected chi connectivity index (χ2v) is 18.2. The Hall–Kier alpha value is -9.83. The van der Waals surface area contributed by atoms with Gasteiger partial charge in [0.05, 0.1) is 73.7 Å². The standard InChI is InChI=1S/C63H35F3N6/c1-68-41-33-38(32-40(35-41)63(64,65)66)50-36-58(72-52-25-13-9-21-45(52)47-29-31-56-60(62(47)72)49-23-11-15-27-54(49)70(56)43-18-6-3-7-19-43)57(34-39(50)37-67)71-51-24-12-8-20-44(51)46-28-30-55-59(61(46)71)48-22-10-14-26-53(48)69(55)42-16-4-2-5-17-42/h2-36H. The van der Waals surface area contributed by atoms with E-state index in [0.29, 0.717) is 11.4 Å². The van der Waals surface area contributed by atoms with E-state index in [9.17, 15) is 18.4 Å². The lowest BCUT2D eigenvalue weighted by Gasteiger charge is -2.20. The lowest BCUT2D eigenvalue weighted by molar-refractivity contribution is -0.137. The van der Waals surface area contributed by atoms with Crippen molar-refractivity contribution in [2.24, 2.45) is 0 Å². The fourth-order valence-electron chi connectivity index (χ4n) is 11.5. The third-order valence-electron chi connectivity index (χ3n) is 14.4. The minimum Gasteiger partial charge on any atom is -0.309 e. The molecule has 4 heterocycles. The molecule has 0 aliphatic carbocycles. The van der Waals surface area contributed by atoms with Crippen molar-refractivity contribution in [3.8, 4) is 39.9 Å². The Morgan fingerprint density at radius 2 is 0.847 bits per heavy atom. The number of halogens is 3. The van der Waals surface area contributed by atoms with Crippen LogP contribution in [0.1, 0.15) is 11.1 Å². The largest absolute Gasteiger partial charge is 0.415 e. The second-order valence-electron chi connectivity index (χ2n) is 18.2. The number of benzene rings is 10. The van der Waals surface area contributed by atoms with Crippen molar-refractivity contribution >= 4 is 92.9 Å². The van der Waals surface area contributed by atoms with Crippen molar-refractivity contribution < 1.29 is 13.2 Å². The maximum Gasteiger partial charge on any atom is 0.415 e. The van der Waals surface area contributed by atoms with Crippen LogP contribution in [0.3, 0.4) is 0 Å². The van der Waals surface area contributed by atoms with Gasteiger partial charge in [-0.25, -0.2) is 4.85 Å². The van der Waals surface area contributed by atoms with Gasteiger partial charge in [-0.1, -0.05) is 121 Å². The quantitative estimate of drug-likeness (QED) is 0.159. The zero-order valence-electron chi connectivity index (χ0n) is 38.0. The SMILES string of the molecule is [C-]#[N+]c1cc(-c2cc(-n3c4ccccc4c4ccc5c(c6ccccc6n5-c5ccccc5)c43)c(-n3c4ccccc4c4ccc5c(c6ccccc6n5-c5ccccc5)c43)cc2C#N)cc(C(F)(F)F)c1. The number of fused-ring (bicyclic) bond motifs is 14. The summed E-state index contributed by atoms with van der Waals surface area (Å²) < 4.78 is 53.3. The molecule has 0 amide bonds. The molecule has 0 spiro atoms. The van der Waals surface area contributed by atoms with Crippen LogP contribution in [0.15, 0.2) is 212 Å². The molecule has 10 aromatic carbocycles. The molecule has 72 heavy (non-hydrogen) atoms. The van der Waals surface area contributed by atoms with Gasteiger partial charge >= 0.3 is 6.18 Å². The molecule has 0 bridgehead atoms. The molecule has 0 unspecified atom stereocenters. The van der Waals surface area contributed by atoms with E-state index in [0.717, 1.165) is 111 Å². The van der Waals surface area contributed by atoms with Crippen molar-refractivity contribution in [1.82, 2.24) is 18.3 Å². The lowest BCUT2D eigenvalue weighted by atomic mass is 9.95. The Morgan fingerprint density at radius 3 is 1.31 bits per heavy atom. The molecule has 0 saturated carbocycles. The maximum absolute atomic E-state index is 14.8. The number of hydrogen-bond acceptors (Lipinski definition) is 1. The summed E-state index contributed by atoms with van der Waals surface area (Å²) in [4.78, 5) is 3.49. The number of nitriles is 1. The first-order chi connectivity index (χ1) is 35.3. The highest BCUT2D eigenvalue weighted by molar-refractivity contribution is 6.28. The van der Waals surface area contributed by atoms with Gasteiger partial charge in [0.25, 0.3) is 0 Å². The Bertz CT molecular complexity index is 4690. The summed E-state index contributed by atoms with van der Waals surface area (Å²) in [6.45, 7) is 7.89. The van der Waals surface area contributed by atoms with E-state index in [2.05, 4.69) is 138 Å². The van der Waals surface area contributed by atoms with Crippen molar-refractivity contribution in [1.29, 1.82) is 5.26 Å². The minimum atomic E-state index is -4.75. The van der Waals surface area contributed by atoms with E-state index < -0.39 is 11.7 Å². The highest BCUT2D eigenvalue weighted by atomic mass is 19.4. The maximum atomic E-state index is 14.8. The number of nitrogens with zero attached hydrogens (tertiary/aromatic N) is 6. The summed E-state index contributed by atoms with van der Waals surface area (Å²) in [5.41, 5.74) is 10.2. The summed E-state index contributed by atoms with van der Waals surface area (Å²) in [6, 6.07) is 71.9. The van der Waals surface area contributed by atoms with E-state index >= 15 is 0 Å². The van der Waals surface area contributed by atoms with Gasteiger partial charge in [0, 0.05) is 65.6 Å².